The van der Waals surface area contributed by atoms with Crippen molar-refractivity contribution in [2.24, 2.45) is 7.05 Å². The third kappa shape index (κ3) is 1.04. The zero-order valence-corrected chi connectivity index (χ0v) is 9.78. The molecule has 0 unspecified atom stereocenters. The summed E-state index contributed by atoms with van der Waals surface area (Å²) in [4.78, 5) is 4.57. The molecule has 0 fully saturated rings. The fourth-order valence-corrected chi connectivity index (χ4v) is 2.38. The lowest BCUT2D eigenvalue weighted by Gasteiger charge is -2.03. The van der Waals surface area contributed by atoms with Crippen molar-refractivity contribution in [3.63, 3.8) is 0 Å². The summed E-state index contributed by atoms with van der Waals surface area (Å²) in [6, 6.07) is 8.42. The standard InChI is InChI=1S/C14H14N2/c1-9-8-15-13-11-6-4-5-7-12(11)16(3)14(13)10(9)2/h4-8H,1-3H3. The first-order valence-electron chi connectivity index (χ1n) is 5.49. The predicted octanol–water partition coefficient (Wildman–Crippen LogP) is 3.34. The van der Waals surface area contributed by atoms with Gasteiger partial charge in [0.05, 0.1) is 16.6 Å². The lowest BCUT2D eigenvalue weighted by molar-refractivity contribution is 1.00. The van der Waals surface area contributed by atoms with Gasteiger partial charge in [0, 0.05) is 18.6 Å². The maximum atomic E-state index is 4.57. The summed E-state index contributed by atoms with van der Waals surface area (Å²) in [5.74, 6) is 0. The highest BCUT2D eigenvalue weighted by Crippen LogP contribution is 2.29. The Hall–Kier alpha value is -1.83. The van der Waals surface area contributed by atoms with Gasteiger partial charge in [0.2, 0.25) is 0 Å². The number of hydrogen-bond donors (Lipinski definition) is 0. The number of pyridine rings is 1. The Morgan fingerprint density at radius 1 is 1.12 bits per heavy atom. The van der Waals surface area contributed by atoms with Gasteiger partial charge in [0.25, 0.3) is 0 Å². The third-order valence-electron chi connectivity index (χ3n) is 3.41. The van der Waals surface area contributed by atoms with E-state index in [0.29, 0.717) is 0 Å². The zero-order chi connectivity index (χ0) is 11.3. The van der Waals surface area contributed by atoms with E-state index < -0.39 is 0 Å². The molecule has 80 valence electrons. The number of hydrogen-bond acceptors (Lipinski definition) is 1. The van der Waals surface area contributed by atoms with Crippen molar-refractivity contribution in [1.82, 2.24) is 9.55 Å². The van der Waals surface area contributed by atoms with E-state index in [4.69, 9.17) is 0 Å². The van der Waals surface area contributed by atoms with Gasteiger partial charge < -0.3 is 4.57 Å². The Kier molecular flexibility index (Phi) is 1.81. The van der Waals surface area contributed by atoms with Gasteiger partial charge in [-0.1, -0.05) is 18.2 Å². The summed E-state index contributed by atoms with van der Waals surface area (Å²) in [6.45, 7) is 4.28. The summed E-state index contributed by atoms with van der Waals surface area (Å²) < 4.78 is 2.24. The van der Waals surface area contributed by atoms with Crippen LogP contribution in [0.4, 0.5) is 0 Å². The number of fused-ring (bicyclic) bond motifs is 3. The Morgan fingerprint density at radius 2 is 1.88 bits per heavy atom. The molecule has 2 aromatic heterocycles. The van der Waals surface area contributed by atoms with Crippen molar-refractivity contribution in [2.75, 3.05) is 0 Å². The minimum atomic E-state index is 1.11. The van der Waals surface area contributed by atoms with Gasteiger partial charge in [-0.25, -0.2) is 0 Å². The molecule has 0 atom stereocenters. The molecule has 0 aliphatic carbocycles. The minimum absolute atomic E-state index is 1.11. The molecule has 0 saturated heterocycles. The molecule has 0 spiro atoms. The highest BCUT2D eigenvalue weighted by Gasteiger charge is 2.11. The van der Waals surface area contributed by atoms with Gasteiger partial charge in [0.15, 0.2) is 0 Å². The van der Waals surface area contributed by atoms with E-state index in [1.165, 1.54) is 27.5 Å². The van der Waals surface area contributed by atoms with Gasteiger partial charge in [-0.2, -0.15) is 0 Å². The molecule has 3 aromatic rings. The van der Waals surface area contributed by atoms with Crippen LogP contribution in [-0.4, -0.2) is 9.55 Å². The molecular formula is C14H14N2. The van der Waals surface area contributed by atoms with E-state index in [-0.39, 0.29) is 0 Å². The van der Waals surface area contributed by atoms with Crippen LogP contribution in [0.15, 0.2) is 30.5 Å². The topological polar surface area (TPSA) is 17.8 Å². The molecule has 16 heavy (non-hydrogen) atoms. The number of para-hydroxylation sites is 1. The quantitative estimate of drug-likeness (QED) is 0.556. The van der Waals surface area contributed by atoms with Gasteiger partial charge in [-0.3, -0.25) is 4.98 Å². The number of rotatable bonds is 0. The largest absolute Gasteiger partial charge is 0.342 e. The van der Waals surface area contributed by atoms with Crippen LogP contribution in [0.25, 0.3) is 21.9 Å². The molecule has 0 N–H and O–H groups in total. The molecule has 0 saturated carbocycles. The van der Waals surface area contributed by atoms with Crippen LogP contribution in [0.5, 0.6) is 0 Å². The Balaban J connectivity index is 2.67. The number of aryl methyl sites for hydroxylation is 3. The molecule has 0 radical (unpaired) electrons. The van der Waals surface area contributed by atoms with Crippen molar-refractivity contribution < 1.29 is 0 Å². The average molecular weight is 210 g/mol. The lowest BCUT2D eigenvalue weighted by Crippen LogP contribution is -1.92. The van der Waals surface area contributed by atoms with Crippen LogP contribution in [0.2, 0.25) is 0 Å². The minimum Gasteiger partial charge on any atom is -0.342 e. The normalized spacial score (nSPS) is 11.4. The molecule has 0 aliphatic rings. The molecule has 2 nitrogen and oxygen atoms in total. The number of benzene rings is 1. The van der Waals surface area contributed by atoms with Crippen LogP contribution in [0.1, 0.15) is 11.1 Å². The van der Waals surface area contributed by atoms with E-state index in [9.17, 15) is 0 Å². The van der Waals surface area contributed by atoms with Crippen LogP contribution >= 0.6 is 0 Å². The van der Waals surface area contributed by atoms with Crippen LogP contribution in [-0.2, 0) is 7.05 Å². The molecule has 0 amide bonds. The maximum Gasteiger partial charge on any atom is 0.0962 e. The summed E-state index contributed by atoms with van der Waals surface area (Å²) in [6.07, 6.45) is 1.96. The van der Waals surface area contributed by atoms with Crippen molar-refractivity contribution >= 4 is 21.9 Å². The van der Waals surface area contributed by atoms with Crippen LogP contribution in [0, 0.1) is 13.8 Å². The van der Waals surface area contributed by atoms with Crippen LogP contribution in [0.3, 0.4) is 0 Å². The smallest absolute Gasteiger partial charge is 0.0962 e. The van der Waals surface area contributed by atoms with Crippen molar-refractivity contribution in [3.8, 4) is 0 Å². The molecule has 1 aromatic carbocycles. The first-order chi connectivity index (χ1) is 7.70. The molecule has 0 aliphatic heterocycles. The average Bonchev–Trinajstić information content (AvgIpc) is 2.59. The van der Waals surface area contributed by atoms with Crippen LogP contribution < -0.4 is 0 Å². The van der Waals surface area contributed by atoms with Gasteiger partial charge in [0.1, 0.15) is 0 Å². The third-order valence-corrected chi connectivity index (χ3v) is 3.41. The second kappa shape index (κ2) is 3.08. The summed E-state index contributed by atoms with van der Waals surface area (Å²) >= 11 is 0. The first kappa shape index (κ1) is 9.40. The molecule has 2 heteroatoms. The monoisotopic (exact) mass is 210 g/mol. The van der Waals surface area contributed by atoms with Crippen molar-refractivity contribution in [2.45, 2.75) is 13.8 Å². The summed E-state index contributed by atoms with van der Waals surface area (Å²) in [5.41, 5.74) is 6.18. The van der Waals surface area contributed by atoms with E-state index in [1.807, 2.05) is 6.20 Å². The maximum absolute atomic E-state index is 4.57. The summed E-state index contributed by atoms with van der Waals surface area (Å²) in [5, 5.41) is 1.24. The molecule has 3 rings (SSSR count). The second-order valence-corrected chi connectivity index (χ2v) is 4.34. The predicted molar refractivity (Wildman–Crippen MR) is 67.7 cm³/mol. The van der Waals surface area contributed by atoms with Crippen molar-refractivity contribution in [1.29, 1.82) is 0 Å². The Bertz CT molecular complexity index is 693. The number of aromatic nitrogens is 2. The van der Waals surface area contributed by atoms with E-state index in [0.717, 1.165) is 5.52 Å². The molecule has 0 bridgehead atoms. The Labute approximate surface area is 94.5 Å². The zero-order valence-electron chi connectivity index (χ0n) is 9.78. The highest BCUT2D eigenvalue weighted by molar-refractivity contribution is 6.06. The summed E-state index contributed by atoms with van der Waals surface area (Å²) in [7, 11) is 2.11. The van der Waals surface area contributed by atoms with Gasteiger partial charge in [-0.15, -0.1) is 0 Å². The Morgan fingerprint density at radius 3 is 2.69 bits per heavy atom. The van der Waals surface area contributed by atoms with E-state index in [1.54, 1.807) is 0 Å². The van der Waals surface area contributed by atoms with Crippen molar-refractivity contribution in [3.05, 3.63) is 41.6 Å². The van der Waals surface area contributed by atoms with E-state index in [2.05, 4.69) is 54.7 Å². The first-order valence-corrected chi connectivity index (χ1v) is 5.49. The number of nitrogens with zero attached hydrogens (tertiary/aromatic N) is 2. The SMILES string of the molecule is Cc1cnc2c3ccccc3n(C)c2c1C. The molecular weight excluding hydrogens is 196 g/mol. The highest BCUT2D eigenvalue weighted by atomic mass is 15.0. The van der Waals surface area contributed by atoms with Gasteiger partial charge >= 0.3 is 0 Å². The molecule has 2 heterocycles. The fraction of sp³-hybridized carbons (Fsp3) is 0.214. The van der Waals surface area contributed by atoms with E-state index >= 15 is 0 Å². The fourth-order valence-electron chi connectivity index (χ4n) is 2.38. The second-order valence-electron chi connectivity index (χ2n) is 4.34. The lowest BCUT2D eigenvalue weighted by atomic mass is 10.1. The van der Waals surface area contributed by atoms with Gasteiger partial charge in [-0.05, 0) is 31.0 Å².